The van der Waals surface area contributed by atoms with Crippen LogP contribution in [0.5, 0.6) is 5.88 Å². The highest BCUT2D eigenvalue weighted by molar-refractivity contribution is 5.41. The van der Waals surface area contributed by atoms with Crippen molar-refractivity contribution in [3.8, 4) is 5.88 Å². The zero-order chi connectivity index (χ0) is 16.2. The SMILES string of the molecule is COc1cc(N(C)C2CCCN(Cc3ccn(C)n3)C2)ncn1. The fourth-order valence-electron chi connectivity index (χ4n) is 3.09. The molecular weight excluding hydrogens is 292 g/mol. The van der Waals surface area contributed by atoms with Gasteiger partial charge in [-0.3, -0.25) is 9.58 Å². The molecule has 1 atom stereocenters. The fourth-order valence-corrected chi connectivity index (χ4v) is 3.09. The van der Waals surface area contributed by atoms with Crippen LogP contribution in [0.1, 0.15) is 18.5 Å². The number of piperidine rings is 1. The first-order chi connectivity index (χ1) is 11.2. The van der Waals surface area contributed by atoms with Gasteiger partial charge in [0.05, 0.1) is 12.8 Å². The molecule has 0 saturated carbocycles. The molecule has 2 aromatic heterocycles. The number of aromatic nitrogens is 4. The molecule has 1 unspecified atom stereocenters. The molecule has 124 valence electrons. The van der Waals surface area contributed by atoms with E-state index in [4.69, 9.17) is 4.74 Å². The number of hydrogen-bond donors (Lipinski definition) is 0. The minimum absolute atomic E-state index is 0.437. The van der Waals surface area contributed by atoms with Crippen molar-refractivity contribution in [2.45, 2.75) is 25.4 Å². The molecule has 1 fully saturated rings. The molecule has 1 aliphatic rings. The molecule has 0 aliphatic carbocycles. The summed E-state index contributed by atoms with van der Waals surface area (Å²) in [4.78, 5) is 13.1. The molecule has 2 aromatic rings. The van der Waals surface area contributed by atoms with Crippen molar-refractivity contribution >= 4 is 5.82 Å². The maximum Gasteiger partial charge on any atom is 0.218 e. The van der Waals surface area contributed by atoms with Crippen LogP contribution in [0.25, 0.3) is 0 Å². The summed E-state index contributed by atoms with van der Waals surface area (Å²) in [6.45, 7) is 3.03. The minimum Gasteiger partial charge on any atom is -0.481 e. The van der Waals surface area contributed by atoms with Crippen molar-refractivity contribution in [1.82, 2.24) is 24.6 Å². The molecule has 0 amide bonds. The van der Waals surface area contributed by atoms with Gasteiger partial charge in [-0.15, -0.1) is 0 Å². The molecule has 7 heteroatoms. The first-order valence-electron chi connectivity index (χ1n) is 7.95. The predicted molar refractivity (Wildman–Crippen MR) is 88.5 cm³/mol. The summed E-state index contributed by atoms with van der Waals surface area (Å²) in [6, 6.07) is 4.41. The Morgan fingerprint density at radius 2 is 2.26 bits per heavy atom. The molecule has 3 rings (SSSR count). The Labute approximate surface area is 136 Å². The van der Waals surface area contributed by atoms with E-state index in [0.717, 1.165) is 31.1 Å². The third kappa shape index (κ3) is 3.79. The van der Waals surface area contributed by atoms with Crippen LogP contribution in [-0.2, 0) is 13.6 Å². The molecule has 0 bridgehead atoms. The average Bonchev–Trinajstić information content (AvgIpc) is 2.99. The summed E-state index contributed by atoms with van der Waals surface area (Å²) < 4.78 is 7.05. The number of anilines is 1. The molecule has 3 heterocycles. The molecule has 1 saturated heterocycles. The highest BCUT2D eigenvalue weighted by Crippen LogP contribution is 2.22. The van der Waals surface area contributed by atoms with Crippen LogP contribution in [-0.4, -0.2) is 57.9 Å². The summed E-state index contributed by atoms with van der Waals surface area (Å²) in [5, 5.41) is 4.48. The van der Waals surface area contributed by atoms with Gasteiger partial charge in [-0.25, -0.2) is 9.97 Å². The van der Waals surface area contributed by atoms with Crippen LogP contribution in [0, 0.1) is 0 Å². The molecular formula is C16H24N6O. The standard InChI is InChI=1S/C16H24N6O/c1-20-8-6-13(19-20)10-22-7-4-5-14(11-22)21(2)15-9-16(23-3)18-12-17-15/h6,8-9,12,14H,4-5,7,10-11H2,1-3H3. The lowest BCUT2D eigenvalue weighted by Crippen LogP contribution is -2.46. The zero-order valence-electron chi connectivity index (χ0n) is 14.0. The summed E-state index contributed by atoms with van der Waals surface area (Å²) in [7, 11) is 5.68. The highest BCUT2D eigenvalue weighted by atomic mass is 16.5. The first kappa shape index (κ1) is 15.7. The molecule has 7 nitrogen and oxygen atoms in total. The lowest BCUT2D eigenvalue weighted by Gasteiger charge is -2.37. The molecule has 0 radical (unpaired) electrons. The number of aryl methyl sites for hydroxylation is 1. The lowest BCUT2D eigenvalue weighted by atomic mass is 10.0. The second-order valence-corrected chi connectivity index (χ2v) is 6.04. The van der Waals surface area contributed by atoms with Crippen LogP contribution in [0.4, 0.5) is 5.82 Å². The van der Waals surface area contributed by atoms with Crippen LogP contribution < -0.4 is 9.64 Å². The Morgan fingerprint density at radius 1 is 1.39 bits per heavy atom. The number of likely N-dealkylation sites (tertiary alicyclic amines) is 1. The van der Waals surface area contributed by atoms with Gasteiger partial charge in [0.15, 0.2) is 0 Å². The van der Waals surface area contributed by atoms with E-state index < -0.39 is 0 Å². The van der Waals surface area contributed by atoms with Gasteiger partial charge >= 0.3 is 0 Å². The van der Waals surface area contributed by atoms with Crippen molar-refractivity contribution in [2.75, 3.05) is 32.1 Å². The number of rotatable bonds is 5. The Kier molecular flexibility index (Phi) is 4.76. The van der Waals surface area contributed by atoms with E-state index in [1.165, 1.54) is 12.8 Å². The fraction of sp³-hybridized carbons (Fsp3) is 0.562. The zero-order valence-corrected chi connectivity index (χ0v) is 14.0. The van der Waals surface area contributed by atoms with Crippen molar-refractivity contribution in [2.24, 2.45) is 7.05 Å². The van der Waals surface area contributed by atoms with E-state index in [-0.39, 0.29) is 0 Å². The number of nitrogens with zero attached hydrogens (tertiary/aromatic N) is 6. The normalized spacial score (nSPS) is 18.8. The third-order valence-electron chi connectivity index (χ3n) is 4.38. The number of ether oxygens (including phenoxy) is 1. The average molecular weight is 316 g/mol. The van der Waals surface area contributed by atoms with E-state index in [2.05, 4.69) is 38.0 Å². The third-order valence-corrected chi connectivity index (χ3v) is 4.38. The lowest BCUT2D eigenvalue weighted by molar-refractivity contribution is 0.196. The largest absolute Gasteiger partial charge is 0.481 e. The predicted octanol–water partition coefficient (Wildman–Crippen LogP) is 1.32. The number of likely N-dealkylation sites (N-methyl/N-ethyl adjacent to an activating group) is 1. The Balaban J connectivity index is 1.65. The summed E-state index contributed by atoms with van der Waals surface area (Å²) in [6.07, 6.45) is 5.90. The van der Waals surface area contributed by atoms with E-state index >= 15 is 0 Å². The molecule has 1 aliphatic heterocycles. The van der Waals surface area contributed by atoms with Crippen LogP contribution in [0.15, 0.2) is 24.7 Å². The molecule has 0 spiro atoms. The van der Waals surface area contributed by atoms with Crippen molar-refractivity contribution in [1.29, 1.82) is 0 Å². The van der Waals surface area contributed by atoms with Gasteiger partial charge in [0.25, 0.3) is 0 Å². The number of hydrogen-bond acceptors (Lipinski definition) is 6. The van der Waals surface area contributed by atoms with Gasteiger partial charge < -0.3 is 9.64 Å². The van der Waals surface area contributed by atoms with E-state index in [9.17, 15) is 0 Å². The Morgan fingerprint density at radius 3 is 3.00 bits per heavy atom. The van der Waals surface area contributed by atoms with Gasteiger partial charge in [0.2, 0.25) is 5.88 Å². The van der Waals surface area contributed by atoms with Gasteiger partial charge in [-0.05, 0) is 25.5 Å². The summed E-state index contributed by atoms with van der Waals surface area (Å²) in [5.74, 6) is 1.50. The van der Waals surface area contributed by atoms with E-state index in [0.29, 0.717) is 11.9 Å². The Bertz CT molecular complexity index is 643. The van der Waals surface area contributed by atoms with Crippen LogP contribution >= 0.6 is 0 Å². The molecule has 23 heavy (non-hydrogen) atoms. The maximum absolute atomic E-state index is 5.20. The van der Waals surface area contributed by atoms with Gasteiger partial charge in [0.1, 0.15) is 12.1 Å². The van der Waals surface area contributed by atoms with E-state index in [1.807, 2.05) is 24.0 Å². The quantitative estimate of drug-likeness (QED) is 0.829. The summed E-state index contributed by atoms with van der Waals surface area (Å²) >= 11 is 0. The Hall–Kier alpha value is -2.15. The maximum atomic E-state index is 5.20. The van der Waals surface area contributed by atoms with Crippen molar-refractivity contribution in [3.63, 3.8) is 0 Å². The monoisotopic (exact) mass is 316 g/mol. The van der Waals surface area contributed by atoms with Crippen LogP contribution in [0.3, 0.4) is 0 Å². The molecule has 0 N–H and O–H groups in total. The smallest absolute Gasteiger partial charge is 0.218 e. The van der Waals surface area contributed by atoms with Crippen LogP contribution in [0.2, 0.25) is 0 Å². The van der Waals surface area contributed by atoms with Crippen molar-refractivity contribution in [3.05, 3.63) is 30.4 Å². The minimum atomic E-state index is 0.437. The van der Waals surface area contributed by atoms with Gasteiger partial charge in [-0.1, -0.05) is 0 Å². The highest BCUT2D eigenvalue weighted by Gasteiger charge is 2.24. The second-order valence-electron chi connectivity index (χ2n) is 6.04. The summed E-state index contributed by atoms with van der Waals surface area (Å²) in [5.41, 5.74) is 1.12. The van der Waals surface area contributed by atoms with Gasteiger partial charge in [-0.2, -0.15) is 5.10 Å². The van der Waals surface area contributed by atoms with E-state index in [1.54, 1.807) is 13.4 Å². The second kappa shape index (κ2) is 6.95. The van der Waals surface area contributed by atoms with Crippen molar-refractivity contribution < 1.29 is 4.74 Å². The number of methoxy groups -OCH3 is 1. The topological polar surface area (TPSA) is 59.3 Å². The first-order valence-corrected chi connectivity index (χ1v) is 7.95. The molecule has 0 aromatic carbocycles. The van der Waals surface area contributed by atoms with Gasteiger partial charge in [0, 0.05) is 45.5 Å².